The Morgan fingerprint density at radius 2 is 1.00 bits per heavy atom. The highest BCUT2D eigenvalue weighted by molar-refractivity contribution is 6.02. The van der Waals surface area contributed by atoms with Crippen LogP contribution in [0.1, 0.15) is 0 Å². The van der Waals surface area contributed by atoms with Crippen molar-refractivity contribution in [3.8, 4) is 5.75 Å². The van der Waals surface area contributed by atoms with Gasteiger partial charge in [-0.15, -0.1) is 20.5 Å². The molecule has 17 heteroatoms. The van der Waals surface area contributed by atoms with Crippen molar-refractivity contribution in [3.63, 3.8) is 0 Å². The number of azo groups is 2. The van der Waals surface area contributed by atoms with Gasteiger partial charge in [0.25, 0.3) is 11.4 Å². The zero-order valence-corrected chi connectivity index (χ0v) is 19.1. The Morgan fingerprint density at radius 3 is 1.49 bits per heavy atom. The molecule has 4 rings (SSSR count). The van der Waals surface area contributed by atoms with E-state index in [4.69, 9.17) is 0 Å². The maximum absolute atomic E-state index is 11.4. The summed E-state index contributed by atoms with van der Waals surface area (Å²) in [5.74, 6) is -0.478. The highest BCUT2D eigenvalue weighted by Crippen LogP contribution is 2.43. The van der Waals surface area contributed by atoms with Crippen LogP contribution in [0, 0.1) is 40.5 Å². The highest BCUT2D eigenvalue weighted by Gasteiger charge is 2.21. The fourth-order valence-electron chi connectivity index (χ4n) is 3.44. The first kappa shape index (κ1) is 25.8. The summed E-state index contributed by atoms with van der Waals surface area (Å²) in [5, 5.41) is 71.4. The van der Waals surface area contributed by atoms with E-state index in [0.717, 1.165) is 42.5 Å². The summed E-state index contributed by atoms with van der Waals surface area (Å²) in [5.41, 5.74) is -2.99. The largest absolute Gasteiger partial charge is 0.506 e. The lowest BCUT2D eigenvalue weighted by Crippen LogP contribution is -1.92. The predicted molar refractivity (Wildman–Crippen MR) is 133 cm³/mol. The highest BCUT2D eigenvalue weighted by atomic mass is 16.6. The molecule has 0 radical (unpaired) electrons. The van der Waals surface area contributed by atoms with Gasteiger partial charge in [-0.05, 0) is 12.1 Å². The molecule has 4 aromatic carbocycles. The second-order valence-electron chi connectivity index (χ2n) is 7.58. The molecule has 0 spiro atoms. The molecule has 0 fully saturated rings. The molecule has 39 heavy (non-hydrogen) atoms. The van der Waals surface area contributed by atoms with Crippen molar-refractivity contribution in [1.82, 2.24) is 0 Å². The Hall–Kier alpha value is -6.26. The summed E-state index contributed by atoms with van der Waals surface area (Å²) in [7, 11) is 0. The third-order valence-electron chi connectivity index (χ3n) is 5.23. The molecular weight excluding hydrogens is 520 g/mol. The second kappa shape index (κ2) is 10.4. The number of hydrogen-bond acceptors (Lipinski definition) is 13. The van der Waals surface area contributed by atoms with Gasteiger partial charge >= 0.3 is 11.4 Å². The fourth-order valence-corrected chi connectivity index (χ4v) is 3.44. The molecule has 0 heterocycles. The van der Waals surface area contributed by atoms with Gasteiger partial charge in [0.2, 0.25) is 0 Å². The number of aromatic hydroxyl groups is 1. The van der Waals surface area contributed by atoms with Crippen molar-refractivity contribution in [2.45, 2.75) is 0 Å². The van der Waals surface area contributed by atoms with Crippen LogP contribution >= 0.6 is 0 Å². The van der Waals surface area contributed by atoms with Crippen LogP contribution in [0.5, 0.6) is 5.75 Å². The summed E-state index contributed by atoms with van der Waals surface area (Å²) < 4.78 is 0. The van der Waals surface area contributed by atoms with E-state index in [9.17, 15) is 45.6 Å². The first-order valence-corrected chi connectivity index (χ1v) is 10.5. The van der Waals surface area contributed by atoms with E-state index in [0.29, 0.717) is 5.39 Å². The van der Waals surface area contributed by atoms with E-state index >= 15 is 0 Å². The molecule has 17 nitrogen and oxygen atoms in total. The Bertz CT molecular complexity index is 1750. The van der Waals surface area contributed by atoms with Crippen molar-refractivity contribution in [2.75, 3.05) is 0 Å². The van der Waals surface area contributed by atoms with Crippen LogP contribution in [0.25, 0.3) is 10.8 Å². The smallest absolute Gasteiger partial charge is 0.303 e. The van der Waals surface area contributed by atoms with Crippen LogP contribution in [-0.4, -0.2) is 24.8 Å². The molecule has 1 N–H and O–H groups in total. The van der Waals surface area contributed by atoms with Crippen LogP contribution in [-0.2, 0) is 0 Å². The van der Waals surface area contributed by atoms with Crippen molar-refractivity contribution in [2.24, 2.45) is 20.5 Å². The Balaban J connectivity index is 1.78. The standard InChI is InChI=1S/C22H12N8O9/c31-21-11-18(25-23-16-7-5-12(27(32)33)9-19(16)29(36)37)14-3-1-2-4-15(14)22(21)26-24-17-8-6-13(28(34)35)10-20(17)30(38)39/h1-11,31H. The van der Waals surface area contributed by atoms with Crippen LogP contribution in [0.15, 0.2) is 87.2 Å². The van der Waals surface area contributed by atoms with Crippen LogP contribution in [0.4, 0.5) is 45.5 Å². The van der Waals surface area contributed by atoms with Gasteiger partial charge < -0.3 is 5.11 Å². The lowest BCUT2D eigenvalue weighted by Gasteiger charge is -2.07. The fraction of sp³-hybridized carbons (Fsp3) is 0. The molecule has 0 aliphatic carbocycles. The average Bonchev–Trinajstić information content (AvgIpc) is 2.90. The van der Waals surface area contributed by atoms with E-state index in [1.807, 2.05) is 0 Å². The van der Waals surface area contributed by atoms with Gasteiger partial charge in [-0.1, -0.05) is 24.3 Å². The third-order valence-corrected chi connectivity index (χ3v) is 5.23. The van der Waals surface area contributed by atoms with Gasteiger partial charge in [0.05, 0.1) is 37.5 Å². The minimum atomic E-state index is -0.861. The number of fused-ring (bicyclic) bond motifs is 1. The van der Waals surface area contributed by atoms with Gasteiger partial charge in [-0.25, -0.2) is 0 Å². The SMILES string of the molecule is O=[N+]([O-])c1ccc(N=Nc2cc(O)c(N=Nc3ccc([N+](=O)[O-])cc3[N+](=O)[O-])c3ccccc23)c([N+](=O)[O-])c1. The molecule has 0 amide bonds. The lowest BCUT2D eigenvalue weighted by molar-refractivity contribution is -0.394. The summed E-state index contributed by atoms with van der Waals surface area (Å²) in [6, 6.07) is 13.0. The molecule has 0 aliphatic heterocycles. The van der Waals surface area contributed by atoms with Crippen molar-refractivity contribution < 1.29 is 24.8 Å². The predicted octanol–water partition coefficient (Wildman–Crippen LogP) is 7.01. The molecule has 194 valence electrons. The number of hydrogen-bond donors (Lipinski definition) is 1. The van der Waals surface area contributed by atoms with E-state index < -0.39 is 48.2 Å². The maximum Gasteiger partial charge on any atom is 0.303 e. The molecule has 0 aromatic heterocycles. The number of non-ortho nitro benzene ring substituents is 2. The van der Waals surface area contributed by atoms with Gasteiger partial charge in [-0.2, -0.15) is 0 Å². The number of benzene rings is 4. The molecule has 0 saturated carbocycles. The van der Waals surface area contributed by atoms with Gasteiger partial charge in [-0.3, -0.25) is 40.5 Å². The summed E-state index contributed by atoms with van der Waals surface area (Å²) >= 11 is 0. The van der Waals surface area contributed by atoms with Crippen LogP contribution < -0.4 is 0 Å². The average molecular weight is 532 g/mol. The molecule has 0 bridgehead atoms. The number of phenols is 1. The van der Waals surface area contributed by atoms with Crippen molar-refractivity contribution in [3.05, 3.63) is 107 Å². The molecule has 0 atom stereocenters. The van der Waals surface area contributed by atoms with Gasteiger partial charge in [0.15, 0.2) is 11.4 Å². The van der Waals surface area contributed by atoms with Gasteiger partial charge in [0, 0.05) is 29.0 Å². The second-order valence-corrected chi connectivity index (χ2v) is 7.58. The van der Waals surface area contributed by atoms with E-state index in [-0.39, 0.29) is 28.1 Å². The summed E-state index contributed by atoms with van der Waals surface area (Å²) in [6.07, 6.45) is 0. The zero-order chi connectivity index (χ0) is 28.3. The number of nitro groups is 4. The van der Waals surface area contributed by atoms with Crippen LogP contribution in [0.2, 0.25) is 0 Å². The molecular formula is C22H12N8O9. The van der Waals surface area contributed by atoms with E-state index in [1.165, 1.54) is 6.07 Å². The first-order valence-electron chi connectivity index (χ1n) is 10.5. The van der Waals surface area contributed by atoms with Crippen molar-refractivity contribution in [1.29, 1.82) is 0 Å². The topological polar surface area (TPSA) is 242 Å². The minimum Gasteiger partial charge on any atom is -0.506 e. The number of nitro benzene ring substituents is 4. The zero-order valence-electron chi connectivity index (χ0n) is 19.1. The summed E-state index contributed by atoms with van der Waals surface area (Å²) in [6.45, 7) is 0. The summed E-state index contributed by atoms with van der Waals surface area (Å²) in [4.78, 5) is 41.3. The Labute approximate surface area is 215 Å². The number of nitrogens with zero attached hydrogens (tertiary/aromatic N) is 8. The number of rotatable bonds is 8. The molecule has 0 aliphatic rings. The number of phenolic OH excluding ortho intramolecular Hbond substituents is 1. The Kier molecular flexibility index (Phi) is 6.88. The molecule has 0 unspecified atom stereocenters. The van der Waals surface area contributed by atoms with Gasteiger partial charge in [0.1, 0.15) is 11.4 Å². The van der Waals surface area contributed by atoms with E-state index in [1.54, 1.807) is 18.2 Å². The third kappa shape index (κ3) is 5.31. The normalized spacial score (nSPS) is 11.3. The lowest BCUT2D eigenvalue weighted by atomic mass is 10.1. The minimum absolute atomic E-state index is 0.0519. The maximum atomic E-state index is 11.4. The van der Waals surface area contributed by atoms with E-state index in [2.05, 4.69) is 20.5 Å². The monoisotopic (exact) mass is 532 g/mol. The van der Waals surface area contributed by atoms with Crippen molar-refractivity contribution >= 4 is 56.3 Å². The molecule has 0 saturated heterocycles. The Morgan fingerprint density at radius 1 is 0.538 bits per heavy atom. The molecule has 4 aromatic rings. The first-order chi connectivity index (χ1) is 18.6. The van der Waals surface area contributed by atoms with Crippen LogP contribution in [0.3, 0.4) is 0 Å². The quantitative estimate of drug-likeness (QED) is 0.139.